The van der Waals surface area contributed by atoms with Crippen LogP contribution in [-0.4, -0.2) is 5.91 Å². The second kappa shape index (κ2) is 4.46. The zero-order chi connectivity index (χ0) is 15.4. The Hall–Kier alpha value is -1.57. The van der Waals surface area contributed by atoms with Gasteiger partial charge in [0.2, 0.25) is 5.91 Å². The Morgan fingerprint density at radius 2 is 2.05 bits per heavy atom. The van der Waals surface area contributed by atoms with Gasteiger partial charge in [0.05, 0.1) is 5.41 Å². The summed E-state index contributed by atoms with van der Waals surface area (Å²) in [6.45, 7) is 12.9. The maximum absolute atomic E-state index is 13.0. The molecular weight excluding hydrogens is 258 g/mol. The normalized spacial score (nSPS) is 29.7. The molecule has 1 amide bonds. The first-order valence-corrected chi connectivity index (χ1v) is 7.86. The van der Waals surface area contributed by atoms with Gasteiger partial charge in [-0.1, -0.05) is 43.7 Å². The standard InChI is InChI=1S/C19H25NO/c1-12-6-7-16(13(2)10-12)20-17(21)19-9-8-15(11-19)18(4,5)14(19)3/h6-7,10,15H,3,8-9,11H2,1-2,4-5H3,(H,20,21)/t15-,19+/m0/s1. The Kier molecular flexibility index (Phi) is 3.05. The first-order chi connectivity index (χ1) is 9.77. The van der Waals surface area contributed by atoms with E-state index >= 15 is 0 Å². The van der Waals surface area contributed by atoms with Crippen molar-refractivity contribution in [3.63, 3.8) is 0 Å². The molecule has 0 radical (unpaired) electrons. The van der Waals surface area contributed by atoms with E-state index < -0.39 is 0 Å². The lowest BCUT2D eigenvalue weighted by atomic mass is 9.68. The molecular formula is C19H25NO. The summed E-state index contributed by atoms with van der Waals surface area (Å²) >= 11 is 0. The molecule has 2 bridgehead atoms. The summed E-state index contributed by atoms with van der Waals surface area (Å²) < 4.78 is 0. The molecule has 2 aliphatic carbocycles. The molecule has 2 fully saturated rings. The van der Waals surface area contributed by atoms with Crippen molar-refractivity contribution in [3.8, 4) is 0 Å². The summed E-state index contributed by atoms with van der Waals surface area (Å²) in [5.74, 6) is 0.752. The molecule has 1 N–H and O–H groups in total. The fourth-order valence-electron chi connectivity index (χ4n) is 4.34. The molecule has 2 aliphatic rings. The van der Waals surface area contributed by atoms with Crippen molar-refractivity contribution in [1.82, 2.24) is 0 Å². The molecule has 2 saturated carbocycles. The minimum absolute atomic E-state index is 0.0951. The van der Waals surface area contributed by atoms with Gasteiger partial charge in [-0.25, -0.2) is 0 Å². The number of amides is 1. The maximum atomic E-state index is 13.0. The Bertz CT molecular complexity index is 628. The number of carbonyl (C=O) groups is 1. The second-order valence-corrected chi connectivity index (χ2v) is 7.49. The average molecular weight is 283 g/mol. The number of hydrogen-bond donors (Lipinski definition) is 1. The average Bonchev–Trinajstić information content (AvgIpc) is 2.93. The van der Waals surface area contributed by atoms with Crippen molar-refractivity contribution in [1.29, 1.82) is 0 Å². The number of hydrogen-bond acceptors (Lipinski definition) is 1. The summed E-state index contributed by atoms with van der Waals surface area (Å²) in [6.07, 6.45) is 3.07. The lowest BCUT2D eigenvalue weighted by Crippen LogP contribution is -2.37. The van der Waals surface area contributed by atoms with Gasteiger partial charge in [0, 0.05) is 5.69 Å². The van der Waals surface area contributed by atoms with Crippen molar-refractivity contribution in [2.45, 2.75) is 47.0 Å². The van der Waals surface area contributed by atoms with Crippen LogP contribution in [0.1, 0.15) is 44.2 Å². The summed E-state index contributed by atoms with van der Waals surface area (Å²) in [5, 5.41) is 3.17. The van der Waals surface area contributed by atoms with Gasteiger partial charge in [-0.15, -0.1) is 0 Å². The summed E-state index contributed by atoms with van der Waals surface area (Å²) in [5.41, 5.74) is 4.16. The van der Waals surface area contributed by atoms with Crippen molar-refractivity contribution < 1.29 is 4.79 Å². The Balaban J connectivity index is 1.88. The minimum Gasteiger partial charge on any atom is -0.325 e. The third kappa shape index (κ3) is 1.96. The summed E-state index contributed by atoms with van der Waals surface area (Å²) in [7, 11) is 0. The van der Waals surface area contributed by atoms with E-state index in [1.807, 2.05) is 19.1 Å². The lowest BCUT2D eigenvalue weighted by molar-refractivity contribution is -0.123. The third-order valence-corrected chi connectivity index (χ3v) is 5.96. The van der Waals surface area contributed by atoms with Crippen LogP contribution in [0.4, 0.5) is 5.69 Å². The van der Waals surface area contributed by atoms with Crippen LogP contribution < -0.4 is 5.32 Å². The van der Waals surface area contributed by atoms with Crippen LogP contribution in [0, 0.1) is 30.6 Å². The smallest absolute Gasteiger partial charge is 0.234 e. The molecule has 0 aromatic heterocycles. The highest BCUT2D eigenvalue weighted by atomic mass is 16.2. The topological polar surface area (TPSA) is 29.1 Å². The highest BCUT2D eigenvalue weighted by Crippen LogP contribution is 2.65. The number of fused-ring (bicyclic) bond motifs is 2. The van der Waals surface area contributed by atoms with Gasteiger partial charge >= 0.3 is 0 Å². The lowest BCUT2D eigenvalue weighted by Gasteiger charge is -2.37. The summed E-state index contributed by atoms with van der Waals surface area (Å²) in [6, 6.07) is 6.16. The number of anilines is 1. The van der Waals surface area contributed by atoms with E-state index in [2.05, 4.69) is 38.7 Å². The molecule has 1 aromatic carbocycles. The van der Waals surface area contributed by atoms with E-state index in [0.29, 0.717) is 5.92 Å². The molecule has 2 atom stereocenters. The van der Waals surface area contributed by atoms with Crippen molar-refractivity contribution in [3.05, 3.63) is 41.5 Å². The van der Waals surface area contributed by atoms with Crippen molar-refractivity contribution >= 4 is 11.6 Å². The molecule has 0 aliphatic heterocycles. The SMILES string of the molecule is C=C1C(C)(C)[C@H]2CC[C@@]1(C(=O)Nc1ccc(C)cc1C)C2. The van der Waals surface area contributed by atoms with E-state index in [1.165, 1.54) is 5.56 Å². The molecule has 2 heteroatoms. The van der Waals surface area contributed by atoms with Gasteiger partial charge in [0.1, 0.15) is 0 Å². The highest BCUT2D eigenvalue weighted by molar-refractivity contribution is 5.99. The largest absolute Gasteiger partial charge is 0.325 e. The van der Waals surface area contributed by atoms with Gasteiger partial charge in [-0.3, -0.25) is 4.79 Å². The molecule has 0 saturated heterocycles. The van der Waals surface area contributed by atoms with Crippen LogP contribution in [-0.2, 0) is 4.79 Å². The van der Waals surface area contributed by atoms with Crippen molar-refractivity contribution in [2.24, 2.45) is 16.7 Å². The minimum atomic E-state index is -0.342. The predicted octanol–water partition coefficient (Wildman–Crippen LogP) is 4.62. The van der Waals surface area contributed by atoms with Crippen molar-refractivity contribution in [2.75, 3.05) is 5.32 Å². The summed E-state index contributed by atoms with van der Waals surface area (Å²) in [4.78, 5) is 13.0. The van der Waals surface area contributed by atoms with Gasteiger partial charge < -0.3 is 5.32 Å². The Labute approximate surface area is 127 Å². The number of carbonyl (C=O) groups excluding carboxylic acids is 1. The van der Waals surface area contributed by atoms with E-state index in [4.69, 9.17) is 0 Å². The van der Waals surface area contributed by atoms with Gasteiger partial charge in [-0.2, -0.15) is 0 Å². The molecule has 0 heterocycles. The van der Waals surface area contributed by atoms with Crippen LogP contribution in [0.5, 0.6) is 0 Å². The number of benzene rings is 1. The van der Waals surface area contributed by atoms with Gasteiger partial charge in [0.15, 0.2) is 0 Å². The first-order valence-electron chi connectivity index (χ1n) is 7.86. The molecule has 2 nitrogen and oxygen atoms in total. The predicted molar refractivity (Wildman–Crippen MR) is 87.2 cm³/mol. The Morgan fingerprint density at radius 1 is 1.33 bits per heavy atom. The fourth-order valence-corrected chi connectivity index (χ4v) is 4.34. The van der Waals surface area contributed by atoms with Crippen LogP contribution in [0.25, 0.3) is 0 Å². The van der Waals surface area contributed by atoms with Crippen LogP contribution in [0.2, 0.25) is 0 Å². The van der Waals surface area contributed by atoms with Crippen LogP contribution >= 0.6 is 0 Å². The first kappa shape index (κ1) is 14.4. The molecule has 0 unspecified atom stereocenters. The molecule has 112 valence electrons. The van der Waals surface area contributed by atoms with E-state index in [1.54, 1.807) is 0 Å². The zero-order valence-electron chi connectivity index (χ0n) is 13.5. The molecule has 1 aromatic rings. The zero-order valence-corrected chi connectivity index (χ0v) is 13.5. The second-order valence-electron chi connectivity index (χ2n) is 7.49. The third-order valence-electron chi connectivity index (χ3n) is 5.96. The van der Waals surface area contributed by atoms with E-state index in [9.17, 15) is 4.79 Å². The molecule has 0 spiro atoms. The van der Waals surface area contributed by atoms with Crippen LogP contribution in [0.3, 0.4) is 0 Å². The van der Waals surface area contributed by atoms with Gasteiger partial charge in [0.25, 0.3) is 0 Å². The Morgan fingerprint density at radius 3 is 2.62 bits per heavy atom. The fraction of sp³-hybridized carbons (Fsp3) is 0.526. The van der Waals surface area contributed by atoms with Gasteiger partial charge in [-0.05, 0) is 56.1 Å². The number of aryl methyl sites for hydroxylation is 2. The monoisotopic (exact) mass is 283 g/mol. The van der Waals surface area contributed by atoms with E-state index in [-0.39, 0.29) is 16.7 Å². The molecule has 21 heavy (non-hydrogen) atoms. The highest BCUT2D eigenvalue weighted by Gasteiger charge is 2.60. The maximum Gasteiger partial charge on any atom is 0.234 e. The van der Waals surface area contributed by atoms with Crippen LogP contribution in [0.15, 0.2) is 30.4 Å². The quantitative estimate of drug-likeness (QED) is 0.788. The van der Waals surface area contributed by atoms with E-state index in [0.717, 1.165) is 36.1 Å². The number of nitrogens with one attached hydrogen (secondary N) is 1. The number of rotatable bonds is 2. The molecule has 3 rings (SSSR count).